The summed E-state index contributed by atoms with van der Waals surface area (Å²) < 4.78 is 8.20. The zero-order valence-electron chi connectivity index (χ0n) is 15.6. The molecule has 2 N–H and O–H groups in total. The second kappa shape index (κ2) is 7.57. The van der Waals surface area contributed by atoms with Gasteiger partial charge in [0.25, 0.3) is 5.56 Å². The molecular weight excluding hydrogens is 432 g/mol. The van der Waals surface area contributed by atoms with E-state index in [9.17, 15) is 10.1 Å². The van der Waals surface area contributed by atoms with Crippen LogP contribution in [0.25, 0.3) is 0 Å². The lowest BCUT2D eigenvalue weighted by atomic mass is 9.84. The van der Waals surface area contributed by atoms with Crippen LogP contribution in [0, 0.1) is 18.3 Å². The van der Waals surface area contributed by atoms with E-state index in [4.69, 9.17) is 10.5 Å². The molecule has 0 saturated carbocycles. The molecule has 144 valence electrons. The van der Waals surface area contributed by atoms with Gasteiger partial charge in [-0.1, -0.05) is 34.1 Å². The summed E-state index contributed by atoms with van der Waals surface area (Å²) in [6, 6.07) is 15.2. The SMILES string of the molecule is Cc1cc2c(c(=O)n1Cc1cccnc1)C(c1cccc(Br)c1)C(C#N)=C(N)O2. The number of aromatic nitrogens is 2. The monoisotopic (exact) mass is 448 g/mol. The number of nitrogens with zero attached hydrogens (tertiary/aromatic N) is 3. The van der Waals surface area contributed by atoms with E-state index in [1.54, 1.807) is 23.0 Å². The van der Waals surface area contributed by atoms with Gasteiger partial charge in [0.1, 0.15) is 17.4 Å². The molecule has 3 aromatic rings. The number of fused-ring (bicyclic) bond motifs is 1. The van der Waals surface area contributed by atoms with Crippen molar-refractivity contribution in [3.05, 3.63) is 104 Å². The Kier molecular flexibility index (Phi) is 4.95. The van der Waals surface area contributed by atoms with Crippen molar-refractivity contribution in [3.63, 3.8) is 0 Å². The van der Waals surface area contributed by atoms with E-state index in [0.29, 0.717) is 17.9 Å². The highest BCUT2D eigenvalue weighted by Crippen LogP contribution is 2.41. The van der Waals surface area contributed by atoms with Crippen molar-refractivity contribution in [1.82, 2.24) is 9.55 Å². The van der Waals surface area contributed by atoms with Gasteiger partial charge in [0, 0.05) is 28.6 Å². The summed E-state index contributed by atoms with van der Waals surface area (Å²) in [5, 5.41) is 9.74. The first-order valence-electron chi connectivity index (χ1n) is 8.96. The molecule has 2 aromatic heterocycles. The first kappa shape index (κ1) is 19.0. The molecule has 1 unspecified atom stereocenters. The van der Waals surface area contributed by atoms with Crippen LogP contribution in [0.1, 0.15) is 28.3 Å². The maximum absolute atomic E-state index is 13.6. The Bertz CT molecular complexity index is 1230. The van der Waals surface area contributed by atoms with Gasteiger partial charge < -0.3 is 15.0 Å². The molecule has 3 heterocycles. The third kappa shape index (κ3) is 3.43. The van der Waals surface area contributed by atoms with Crippen LogP contribution in [0.2, 0.25) is 0 Å². The minimum atomic E-state index is -0.602. The molecule has 1 aliphatic rings. The number of pyridine rings is 2. The van der Waals surface area contributed by atoms with Gasteiger partial charge in [-0.3, -0.25) is 9.78 Å². The van der Waals surface area contributed by atoms with E-state index in [1.165, 1.54) is 0 Å². The maximum Gasteiger partial charge on any atom is 0.259 e. The lowest BCUT2D eigenvalue weighted by Crippen LogP contribution is -2.33. The summed E-state index contributed by atoms with van der Waals surface area (Å²) >= 11 is 3.46. The van der Waals surface area contributed by atoms with Crippen molar-refractivity contribution in [2.24, 2.45) is 5.73 Å². The molecule has 4 rings (SSSR count). The number of nitriles is 1. The van der Waals surface area contributed by atoms with Crippen LogP contribution in [-0.4, -0.2) is 9.55 Å². The average molecular weight is 449 g/mol. The Hall–Kier alpha value is -3.37. The Morgan fingerprint density at radius 1 is 1.31 bits per heavy atom. The summed E-state index contributed by atoms with van der Waals surface area (Å²) in [6.45, 7) is 2.22. The molecule has 1 aliphatic heterocycles. The Labute approximate surface area is 176 Å². The van der Waals surface area contributed by atoms with Crippen LogP contribution >= 0.6 is 15.9 Å². The predicted octanol–water partition coefficient (Wildman–Crippen LogP) is 3.58. The molecule has 0 amide bonds. The number of aryl methyl sites for hydroxylation is 1. The number of benzene rings is 1. The quantitative estimate of drug-likeness (QED) is 0.660. The Balaban J connectivity index is 1.94. The van der Waals surface area contributed by atoms with Crippen LogP contribution in [0.15, 0.2) is 75.6 Å². The molecule has 1 aromatic carbocycles. The zero-order valence-corrected chi connectivity index (χ0v) is 17.2. The third-order valence-corrected chi connectivity index (χ3v) is 5.43. The van der Waals surface area contributed by atoms with Crippen LogP contribution in [0.3, 0.4) is 0 Å². The lowest BCUT2D eigenvalue weighted by molar-refractivity contribution is 0.389. The van der Waals surface area contributed by atoms with Crippen molar-refractivity contribution in [1.29, 1.82) is 5.26 Å². The van der Waals surface area contributed by atoms with E-state index < -0.39 is 5.92 Å². The average Bonchev–Trinajstić information content (AvgIpc) is 2.71. The van der Waals surface area contributed by atoms with E-state index in [0.717, 1.165) is 21.3 Å². The van der Waals surface area contributed by atoms with Crippen LogP contribution < -0.4 is 16.0 Å². The fourth-order valence-electron chi connectivity index (χ4n) is 3.58. The first-order chi connectivity index (χ1) is 14.0. The number of halogens is 1. The fraction of sp³-hybridized carbons (Fsp3) is 0.136. The van der Waals surface area contributed by atoms with Crippen LogP contribution in [0.4, 0.5) is 0 Å². The number of hydrogen-bond acceptors (Lipinski definition) is 5. The Morgan fingerprint density at radius 2 is 2.14 bits per heavy atom. The number of ether oxygens (including phenoxy) is 1. The zero-order chi connectivity index (χ0) is 20.5. The molecule has 6 nitrogen and oxygen atoms in total. The first-order valence-corrected chi connectivity index (χ1v) is 9.75. The molecule has 1 atom stereocenters. The topological polar surface area (TPSA) is 93.9 Å². The predicted molar refractivity (Wildman–Crippen MR) is 112 cm³/mol. The summed E-state index contributed by atoms with van der Waals surface area (Å²) in [4.78, 5) is 17.7. The van der Waals surface area contributed by atoms with Crippen LogP contribution in [0.5, 0.6) is 5.75 Å². The van der Waals surface area contributed by atoms with Gasteiger partial charge >= 0.3 is 0 Å². The summed E-state index contributed by atoms with van der Waals surface area (Å²) in [6.07, 6.45) is 3.42. The lowest BCUT2D eigenvalue weighted by Gasteiger charge is -2.27. The van der Waals surface area contributed by atoms with Gasteiger partial charge in [0.2, 0.25) is 5.88 Å². The molecule has 0 radical (unpaired) electrons. The molecule has 7 heteroatoms. The van der Waals surface area contributed by atoms with E-state index in [1.807, 2.05) is 43.3 Å². The smallest absolute Gasteiger partial charge is 0.259 e. The standard InChI is InChI=1S/C22H17BrN4O2/c1-13-8-18-20(22(28)27(13)12-14-4-3-7-26-11-14)19(17(10-24)21(25)29-18)15-5-2-6-16(23)9-15/h2-9,11,19H,12,25H2,1H3. The van der Waals surface area contributed by atoms with Crippen molar-refractivity contribution >= 4 is 15.9 Å². The molecule has 0 fully saturated rings. The minimum Gasteiger partial charge on any atom is -0.440 e. The van der Waals surface area contributed by atoms with Crippen molar-refractivity contribution in [3.8, 4) is 11.8 Å². The minimum absolute atomic E-state index is 0.0220. The molecule has 0 spiro atoms. The summed E-state index contributed by atoms with van der Waals surface area (Å²) in [5.74, 6) is -0.195. The number of allylic oxidation sites excluding steroid dienone is 1. The van der Waals surface area contributed by atoms with E-state index in [-0.39, 0.29) is 17.0 Å². The van der Waals surface area contributed by atoms with Gasteiger partial charge in [-0.2, -0.15) is 5.26 Å². The highest BCUT2D eigenvalue weighted by atomic mass is 79.9. The number of hydrogen-bond donors (Lipinski definition) is 1. The van der Waals surface area contributed by atoms with E-state index >= 15 is 0 Å². The molecule has 0 bridgehead atoms. The van der Waals surface area contributed by atoms with Gasteiger partial charge in [0.05, 0.1) is 18.0 Å². The summed E-state index contributed by atoms with van der Waals surface area (Å²) in [5.41, 5.74) is 8.89. The highest BCUT2D eigenvalue weighted by Gasteiger charge is 2.34. The normalized spacial score (nSPS) is 15.4. The number of rotatable bonds is 3. The molecule has 29 heavy (non-hydrogen) atoms. The molecule has 0 aliphatic carbocycles. The third-order valence-electron chi connectivity index (χ3n) is 4.94. The molecule has 0 saturated heterocycles. The van der Waals surface area contributed by atoms with Gasteiger partial charge in [-0.25, -0.2) is 0 Å². The second-order valence-electron chi connectivity index (χ2n) is 6.80. The van der Waals surface area contributed by atoms with Crippen LogP contribution in [-0.2, 0) is 6.54 Å². The van der Waals surface area contributed by atoms with Gasteiger partial charge in [-0.15, -0.1) is 0 Å². The molecular formula is C22H17BrN4O2. The fourth-order valence-corrected chi connectivity index (χ4v) is 3.99. The summed E-state index contributed by atoms with van der Waals surface area (Å²) in [7, 11) is 0. The Morgan fingerprint density at radius 3 is 2.83 bits per heavy atom. The highest BCUT2D eigenvalue weighted by molar-refractivity contribution is 9.10. The van der Waals surface area contributed by atoms with Crippen molar-refractivity contribution in [2.75, 3.05) is 0 Å². The van der Waals surface area contributed by atoms with Crippen molar-refractivity contribution < 1.29 is 4.74 Å². The van der Waals surface area contributed by atoms with Gasteiger partial charge in [0.15, 0.2) is 0 Å². The van der Waals surface area contributed by atoms with Crippen molar-refractivity contribution in [2.45, 2.75) is 19.4 Å². The van der Waals surface area contributed by atoms with Gasteiger partial charge in [-0.05, 0) is 36.2 Å². The maximum atomic E-state index is 13.6. The number of nitrogens with two attached hydrogens (primary N) is 1. The second-order valence-corrected chi connectivity index (χ2v) is 7.71. The largest absolute Gasteiger partial charge is 0.440 e. The van der Waals surface area contributed by atoms with E-state index in [2.05, 4.69) is 27.0 Å².